The fraction of sp³-hybridized carbons (Fsp3) is 0.786. The van der Waals surface area contributed by atoms with Gasteiger partial charge in [0.05, 0.1) is 0 Å². The third-order valence-electron chi connectivity index (χ3n) is 5.17. The van der Waals surface area contributed by atoms with Crippen molar-refractivity contribution in [2.45, 2.75) is 38.5 Å². The molecule has 3 unspecified atom stereocenters. The second kappa shape index (κ2) is 4.42. The van der Waals surface area contributed by atoms with Gasteiger partial charge in [0, 0.05) is 24.3 Å². The molecule has 0 spiro atoms. The molecule has 17 heavy (non-hydrogen) atoms. The Kier molecular flexibility index (Phi) is 3.06. The van der Waals surface area contributed by atoms with Crippen LogP contribution < -0.4 is 0 Å². The lowest BCUT2D eigenvalue weighted by Crippen LogP contribution is -2.30. The van der Waals surface area contributed by atoms with Gasteiger partial charge in [-0.25, -0.2) is 0 Å². The smallest absolute Gasteiger partial charge is 0.0492 e. The van der Waals surface area contributed by atoms with Gasteiger partial charge in [-0.05, 0) is 55.4 Å². The number of aryl methyl sites for hydroxylation is 2. The van der Waals surface area contributed by atoms with Crippen molar-refractivity contribution in [1.29, 1.82) is 0 Å². The summed E-state index contributed by atoms with van der Waals surface area (Å²) in [5.41, 5.74) is 1.97. The molecule has 0 aromatic carbocycles. The minimum atomic E-state index is 0.590. The topological polar surface area (TPSA) is 17.8 Å². The Labute approximate surface area is 112 Å². The Morgan fingerprint density at radius 3 is 2.94 bits per heavy atom. The molecule has 0 saturated heterocycles. The fourth-order valence-corrected chi connectivity index (χ4v) is 5.09. The molecule has 2 fully saturated rings. The van der Waals surface area contributed by atoms with E-state index in [-0.39, 0.29) is 0 Å². The van der Waals surface area contributed by atoms with Gasteiger partial charge in [0.25, 0.3) is 0 Å². The van der Waals surface area contributed by atoms with E-state index in [1.165, 1.54) is 49.5 Å². The molecule has 0 amide bonds. The van der Waals surface area contributed by atoms with Crippen LogP contribution in [0.25, 0.3) is 0 Å². The zero-order chi connectivity index (χ0) is 11.9. The lowest BCUT2D eigenvalue weighted by molar-refractivity contribution is 0.181. The average Bonchev–Trinajstić information content (AvgIpc) is 3.02. The molecule has 0 radical (unpaired) electrons. The molecule has 2 aliphatic carbocycles. The lowest BCUT2D eigenvalue weighted by Gasteiger charge is -2.36. The van der Waals surface area contributed by atoms with Crippen LogP contribution in [-0.4, -0.2) is 15.1 Å². The Morgan fingerprint density at radius 1 is 1.53 bits per heavy atom. The number of hydrogen-bond donors (Lipinski definition) is 0. The van der Waals surface area contributed by atoms with Gasteiger partial charge in [-0.2, -0.15) is 5.10 Å². The van der Waals surface area contributed by atoms with Crippen molar-refractivity contribution in [3.8, 4) is 0 Å². The van der Waals surface area contributed by atoms with Gasteiger partial charge in [0.2, 0.25) is 0 Å². The van der Waals surface area contributed by atoms with Crippen LogP contribution in [0.3, 0.4) is 0 Å². The molecule has 94 valence electrons. The molecule has 2 saturated carbocycles. The van der Waals surface area contributed by atoms with Gasteiger partial charge in [-0.1, -0.05) is 22.4 Å². The molecule has 3 atom stereocenters. The van der Waals surface area contributed by atoms with Gasteiger partial charge < -0.3 is 0 Å². The standard InChI is InChI=1S/C14H21BrN2/c1-17-13(5-7-16-17)4-6-14(10-15)9-11-2-3-12(14)8-11/h5,7,11-12H,2-4,6,8-10H2,1H3. The zero-order valence-electron chi connectivity index (χ0n) is 10.5. The second-order valence-electron chi connectivity index (χ2n) is 6.02. The van der Waals surface area contributed by atoms with Crippen LogP contribution in [0.1, 0.15) is 37.8 Å². The molecule has 3 heteroatoms. The molecule has 0 N–H and O–H groups in total. The number of nitrogens with zero attached hydrogens (tertiary/aromatic N) is 2. The summed E-state index contributed by atoms with van der Waals surface area (Å²) in [5.74, 6) is 2.02. The highest BCUT2D eigenvalue weighted by molar-refractivity contribution is 9.09. The van der Waals surface area contributed by atoms with Gasteiger partial charge in [0.15, 0.2) is 0 Å². The Balaban J connectivity index is 1.69. The highest BCUT2D eigenvalue weighted by Gasteiger charge is 2.49. The summed E-state index contributed by atoms with van der Waals surface area (Å²) in [4.78, 5) is 0. The first kappa shape index (κ1) is 11.8. The first-order valence-electron chi connectivity index (χ1n) is 6.76. The molecule has 1 heterocycles. The molecular weight excluding hydrogens is 276 g/mol. The predicted octanol–water partition coefficient (Wildman–Crippen LogP) is 3.55. The van der Waals surface area contributed by atoms with Crippen molar-refractivity contribution in [2.75, 3.05) is 5.33 Å². The second-order valence-corrected chi connectivity index (χ2v) is 6.58. The summed E-state index contributed by atoms with van der Waals surface area (Å²) in [6.07, 6.45) is 10.4. The van der Waals surface area contributed by atoms with E-state index in [0.717, 1.165) is 11.8 Å². The van der Waals surface area contributed by atoms with Crippen LogP contribution >= 0.6 is 15.9 Å². The number of halogens is 1. The number of alkyl halides is 1. The Morgan fingerprint density at radius 2 is 2.41 bits per heavy atom. The van der Waals surface area contributed by atoms with Crippen molar-refractivity contribution in [1.82, 2.24) is 9.78 Å². The number of rotatable bonds is 4. The molecule has 1 aromatic heterocycles. The van der Waals surface area contributed by atoms with Crippen molar-refractivity contribution in [2.24, 2.45) is 24.3 Å². The van der Waals surface area contributed by atoms with Gasteiger partial charge in [0.1, 0.15) is 0 Å². The van der Waals surface area contributed by atoms with E-state index < -0.39 is 0 Å². The normalized spacial score (nSPS) is 35.6. The SMILES string of the molecule is Cn1nccc1CCC1(CBr)CC2CCC1C2. The van der Waals surface area contributed by atoms with Crippen LogP contribution in [0.2, 0.25) is 0 Å². The Hall–Kier alpha value is -0.310. The van der Waals surface area contributed by atoms with Crippen molar-refractivity contribution in [3.63, 3.8) is 0 Å². The predicted molar refractivity (Wildman–Crippen MR) is 73.2 cm³/mol. The van der Waals surface area contributed by atoms with Crippen molar-refractivity contribution >= 4 is 15.9 Å². The van der Waals surface area contributed by atoms with Gasteiger partial charge in [-0.15, -0.1) is 0 Å². The molecule has 3 rings (SSSR count). The van der Waals surface area contributed by atoms with E-state index in [1.807, 2.05) is 10.9 Å². The van der Waals surface area contributed by atoms with Crippen LogP contribution in [0.15, 0.2) is 12.3 Å². The van der Waals surface area contributed by atoms with Gasteiger partial charge in [-0.3, -0.25) is 4.68 Å². The van der Waals surface area contributed by atoms with Gasteiger partial charge >= 0.3 is 0 Å². The zero-order valence-corrected chi connectivity index (χ0v) is 12.1. The molecule has 0 aliphatic heterocycles. The highest BCUT2D eigenvalue weighted by atomic mass is 79.9. The monoisotopic (exact) mass is 296 g/mol. The maximum absolute atomic E-state index is 4.26. The third-order valence-corrected chi connectivity index (χ3v) is 6.29. The van der Waals surface area contributed by atoms with E-state index in [2.05, 4.69) is 34.1 Å². The van der Waals surface area contributed by atoms with Crippen LogP contribution in [0.5, 0.6) is 0 Å². The van der Waals surface area contributed by atoms with E-state index in [1.54, 1.807) is 0 Å². The van der Waals surface area contributed by atoms with E-state index in [0.29, 0.717) is 5.41 Å². The highest BCUT2D eigenvalue weighted by Crippen LogP contribution is 2.58. The Bertz CT molecular complexity index is 401. The number of aromatic nitrogens is 2. The van der Waals surface area contributed by atoms with Crippen molar-refractivity contribution in [3.05, 3.63) is 18.0 Å². The summed E-state index contributed by atoms with van der Waals surface area (Å²) in [6, 6.07) is 2.16. The van der Waals surface area contributed by atoms with E-state index in [9.17, 15) is 0 Å². The molecule has 1 aromatic rings. The summed E-state index contributed by atoms with van der Waals surface area (Å²) >= 11 is 3.80. The molecule has 2 aliphatic rings. The minimum absolute atomic E-state index is 0.590. The van der Waals surface area contributed by atoms with E-state index >= 15 is 0 Å². The lowest BCUT2D eigenvalue weighted by atomic mass is 9.71. The summed E-state index contributed by atoms with van der Waals surface area (Å²) in [6.45, 7) is 0. The maximum atomic E-state index is 4.26. The third kappa shape index (κ3) is 1.96. The minimum Gasteiger partial charge on any atom is -0.273 e. The maximum Gasteiger partial charge on any atom is 0.0492 e. The summed E-state index contributed by atoms with van der Waals surface area (Å²) < 4.78 is 2.02. The van der Waals surface area contributed by atoms with Crippen LogP contribution in [-0.2, 0) is 13.5 Å². The van der Waals surface area contributed by atoms with E-state index in [4.69, 9.17) is 0 Å². The quantitative estimate of drug-likeness (QED) is 0.777. The largest absolute Gasteiger partial charge is 0.273 e. The average molecular weight is 297 g/mol. The van der Waals surface area contributed by atoms with Crippen LogP contribution in [0, 0.1) is 17.3 Å². The summed E-state index contributed by atoms with van der Waals surface area (Å²) in [5, 5.41) is 5.46. The number of hydrogen-bond acceptors (Lipinski definition) is 1. The first-order chi connectivity index (χ1) is 8.23. The number of fused-ring (bicyclic) bond motifs is 2. The first-order valence-corrected chi connectivity index (χ1v) is 7.88. The fourth-order valence-electron chi connectivity index (χ4n) is 4.12. The molecule has 2 nitrogen and oxygen atoms in total. The van der Waals surface area contributed by atoms with Crippen LogP contribution in [0.4, 0.5) is 0 Å². The molecular formula is C14H21BrN2. The van der Waals surface area contributed by atoms with Crippen molar-refractivity contribution < 1.29 is 0 Å². The molecule has 2 bridgehead atoms. The summed E-state index contributed by atoms with van der Waals surface area (Å²) in [7, 11) is 2.05.